The Balaban J connectivity index is 2.16. The van der Waals surface area contributed by atoms with Crippen molar-refractivity contribution >= 4 is 0 Å². The van der Waals surface area contributed by atoms with Gasteiger partial charge in [0.2, 0.25) is 0 Å². The molecule has 1 N–H and O–H groups in total. The molecule has 0 aliphatic carbocycles. The van der Waals surface area contributed by atoms with Crippen LogP contribution in [0.1, 0.15) is 28.3 Å². The molecule has 4 heteroatoms. The molecular formula is C17H17F2NO. The third-order valence-corrected chi connectivity index (χ3v) is 4.02. The highest BCUT2D eigenvalue weighted by Gasteiger charge is 2.27. The first-order valence-electron chi connectivity index (χ1n) is 6.96. The summed E-state index contributed by atoms with van der Waals surface area (Å²) in [5.74, 6) is -0.314. The van der Waals surface area contributed by atoms with Gasteiger partial charge in [0.25, 0.3) is 0 Å². The van der Waals surface area contributed by atoms with E-state index in [-0.39, 0.29) is 5.56 Å². The minimum absolute atomic E-state index is 0.0872. The number of fused-ring (bicyclic) bond motifs is 1. The molecule has 1 aliphatic rings. The van der Waals surface area contributed by atoms with Gasteiger partial charge in [0.15, 0.2) is 0 Å². The van der Waals surface area contributed by atoms with Gasteiger partial charge in [-0.15, -0.1) is 0 Å². The van der Waals surface area contributed by atoms with Crippen molar-refractivity contribution in [1.82, 2.24) is 5.32 Å². The van der Waals surface area contributed by atoms with Crippen LogP contribution >= 0.6 is 0 Å². The van der Waals surface area contributed by atoms with Crippen molar-refractivity contribution in [3.05, 3.63) is 64.2 Å². The standard InChI is InChI=1S/C17H17F2NO/c1-10-3-6-14(18)15(16(10)19)17-13-9-12(21-2)5-4-11(13)7-8-20-17/h3-6,9,17,20H,7-8H2,1-2H3. The number of nitrogens with one attached hydrogen (secondary N) is 1. The molecule has 1 unspecified atom stereocenters. The van der Waals surface area contributed by atoms with E-state index in [2.05, 4.69) is 5.32 Å². The molecule has 0 saturated carbocycles. The second kappa shape index (κ2) is 5.45. The van der Waals surface area contributed by atoms with Gasteiger partial charge in [0.05, 0.1) is 13.2 Å². The SMILES string of the molecule is COc1ccc2c(c1)C(c1c(F)ccc(C)c1F)NCC2. The average molecular weight is 289 g/mol. The monoisotopic (exact) mass is 289 g/mol. The van der Waals surface area contributed by atoms with Crippen LogP contribution in [0, 0.1) is 18.6 Å². The van der Waals surface area contributed by atoms with Crippen molar-refractivity contribution in [2.24, 2.45) is 0 Å². The third-order valence-electron chi connectivity index (χ3n) is 4.02. The fraction of sp³-hybridized carbons (Fsp3) is 0.294. The molecule has 2 aromatic carbocycles. The predicted molar refractivity (Wildman–Crippen MR) is 77.6 cm³/mol. The fourth-order valence-corrected chi connectivity index (χ4v) is 2.86. The first kappa shape index (κ1) is 14.0. The lowest BCUT2D eigenvalue weighted by atomic mass is 9.88. The molecule has 2 aromatic rings. The Labute approximate surface area is 122 Å². The molecule has 1 heterocycles. The van der Waals surface area contributed by atoms with Crippen molar-refractivity contribution in [3.63, 3.8) is 0 Å². The van der Waals surface area contributed by atoms with Crippen molar-refractivity contribution in [2.45, 2.75) is 19.4 Å². The van der Waals surface area contributed by atoms with E-state index in [1.54, 1.807) is 14.0 Å². The zero-order valence-corrected chi connectivity index (χ0v) is 12.0. The summed E-state index contributed by atoms with van der Waals surface area (Å²) < 4.78 is 33.8. The van der Waals surface area contributed by atoms with E-state index >= 15 is 0 Å². The van der Waals surface area contributed by atoms with Gasteiger partial charge >= 0.3 is 0 Å². The van der Waals surface area contributed by atoms with E-state index in [9.17, 15) is 8.78 Å². The first-order valence-corrected chi connectivity index (χ1v) is 6.96. The van der Waals surface area contributed by atoms with E-state index in [0.29, 0.717) is 17.9 Å². The lowest BCUT2D eigenvalue weighted by molar-refractivity contribution is 0.411. The first-order chi connectivity index (χ1) is 10.1. The molecule has 0 bridgehead atoms. The van der Waals surface area contributed by atoms with Crippen LogP contribution in [0.4, 0.5) is 8.78 Å². The highest BCUT2D eigenvalue weighted by molar-refractivity contribution is 5.45. The van der Waals surface area contributed by atoms with Crippen LogP contribution in [-0.2, 0) is 6.42 Å². The molecule has 0 radical (unpaired) electrons. The van der Waals surface area contributed by atoms with Crippen molar-refractivity contribution in [3.8, 4) is 5.75 Å². The maximum Gasteiger partial charge on any atom is 0.134 e. The van der Waals surface area contributed by atoms with Gasteiger partial charge in [-0.3, -0.25) is 0 Å². The van der Waals surface area contributed by atoms with Gasteiger partial charge in [-0.1, -0.05) is 12.1 Å². The smallest absolute Gasteiger partial charge is 0.134 e. The second-order valence-electron chi connectivity index (χ2n) is 5.29. The second-order valence-corrected chi connectivity index (χ2v) is 5.29. The summed E-state index contributed by atoms with van der Waals surface area (Å²) >= 11 is 0. The Bertz CT molecular complexity index is 685. The molecule has 110 valence electrons. The van der Waals surface area contributed by atoms with E-state index < -0.39 is 17.7 Å². The maximum absolute atomic E-state index is 14.4. The van der Waals surface area contributed by atoms with Crippen LogP contribution in [0.15, 0.2) is 30.3 Å². The highest BCUT2D eigenvalue weighted by atomic mass is 19.1. The molecule has 0 saturated heterocycles. The molecule has 0 spiro atoms. The van der Waals surface area contributed by atoms with Gasteiger partial charge in [0.1, 0.15) is 17.4 Å². The van der Waals surface area contributed by atoms with Crippen molar-refractivity contribution in [2.75, 3.05) is 13.7 Å². The largest absolute Gasteiger partial charge is 0.497 e. The molecule has 21 heavy (non-hydrogen) atoms. The summed E-state index contributed by atoms with van der Waals surface area (Å²) in [5, 5.41) is 3.22. The Morgan fingerprint density at radius 2 is 2.00 bits per heavy atom. The summed E-state index contributed by atoms with van der Waals surface area (Å²) in [6.45, 7) is 2.34. The molecule has 0 aromatic heterocycles. The molecule has 3 rings (SSSR count). The number of ether oxygens (including phenoxy) is 1. The van der Waals surface area contributed by atoms with Gasteiger partial charge in [0, 0.05) is 12.1 Å². The number of hydrogen-bond donors (Lipinski definition) is 1. The molecule has 0 fully saturated rings. The summed E-state index contributed by atoms with van der Waals surface area (Å²) in [5.41, 5.74) is 2.51. The van der Waals surface area contributed by atoms with Gasteiger partial charge in [-0.05, 0) is 48.2 Å². The van der Waals surface area contributed by atoms with E-state index in [0.717, 1.165) is 17.5 Å². The summed E-state index contributed by atoms with van der Waals surface area (Å²) in [6.07, 6.45) is 0.838. The lowest BCUT2D eigenvalue weighted by Gasteiger charge is -2.28. The molecule has 2 nitrogen and oxygen atoms in total. The van der Waals surface area contributed by atoms with Crippen LogP contribution in [0.5, 0.6) is 5.75 Å². The van der Waals surface area contributed by atoms with E-state index in [1.807, 2.05) is 18.2 Å². The molecule has 1 aliphatic heterocycles. The topological polar surface area (TPSA) is 21.3 Å². The van der Waals surface area contributed by atoms with Crippen LogP contribution < -0.4 is 10.1 Å². The number of benzene rings is 2. The molecular weight excluding hydrogens is 272 g/mol. The van der Waals surface area contributed by atoms with Crippen LogP contribution in [0.3, 0.4) is 0 Å². The molecule has 1 atom stereocenters. The van der Waals surface area contributed by atoms with Crippen molar-refractivity contribution in [1.29, 1.82) is 0 Å². The summed E-state index contributed by atoms with van der Waals surface area (Å²) in [7, 11) is 1.58. The van der Waals surface area contributed by atoms with Gasteiger partial charge in [-0.2, -0.15) is 0 Å². The Morgan fingerprint density at radius 3 is 2.76 bits per heavy atom. The number of halogens is 2. The Hall–Kier alpha value is -1.94. The minimum Gasteiger partial charge on any atom is -0.497 e. The lowest BCUT2D eigenvalue weighted by Crippen LogP contribution is -2.32. The fourth-order valence-electron chi connectivity index (χ4n) is 2.86. The number of rotatable bonds is 2. The van der Waals surface area contributed by atoms with Crippen LogP contribution in [-0.4, -0.2) is 13.7 Å². The number of hydrogen-bond acceptors (Lipinski definition) is 2. The third kappa shape index (κ3) is 2.40. The molecule has 0 amide bonds. The zero-order valence-electron chi connectivity index (χ0n) is 12.0. The van der Waals surface area contributed by atoms with E-state index in [1.165, 1.54) is 12.1 Å². The quantitative estimate of drug-likeness (QED) is 0.913. The Morgan fingerprint density at radius 1 is 1.19 bits per heavy atom. The zero-order chi connectivity index (χ0) is 15.0. The summed E-state index contributed by atoms with van der Waals surface area (Å²) in [6, 6.07) is 8.00. The predicted octanol–water partition coefficient (Wildman–Crippen LogP) is 3.52. The van der Waals surface area contributed by atoms with Crippen molar-refractivity contribution < 1.29 is 13.5 Å². The van der Waals surface area contributed by atoms with E-state index in [4.69, 9.17) is 4.74 Å². The van der Waals surface area contributed by atoms with Gasteiger partial charge in [-0.25, -0.2) is 8.78 Å². The number of aryl methyl sites for hydroxylation is 1. The van der Waals surface area contributed by atoms with Gasteiger partial charge < -0.3 is 10.1 Å². The minimum atomic E-state index is -0.522. The van der Waals surface area contributed by atoms with Crippen LogP contribution in [0.25, 0.3) is 0 Å². The normalized spacial score (nSPS) is 17.4. The Kier molecular flexibility index (Phi) is 3.64. The number of methoxy groups -OCH3 is 1. The van der Waals surface area contributed by atoms with Crippen LogP contribution in [0.2, 0.25) is 0 Å². The maximum atomic E-state index is 14.4. The summed E-state index contributed by atoms with van der Waals surface area (Å²) in [4.78, 5) is 0. The highest BCUT2D eigenvalue weighted by Crippen LogP contribution is 2.34. The average Bonchev–Trinajstić information content (AvgIpc) is 2.51.